The highest BCUT2D eigenvalue weighted by atomic mass is 127. The Morgan fingerprint density at radius 1 is 1.19 bits per heavy atom. The highest BCUT2D eigenvalue weighted by Crippen LogP contribution is 2.29. The monoisotopic (exact) mass is 464 g/mol. The van der Waals surface area contributed by atoms with Gasteiger partial charge in [0.15, 0.2) is 11.1 Å². The zero-order valence-electron chi connectivity index (χ0n) is 9.20. The molecule has 0 unspecified atom stereocenters. The summed E-state index contributed by atoms with van der Waals surface area (Å²) >= 11 is 3.88. The Hall–Kier alpha value is 0.630. The Kier molecular flexibility index (Phi) is 5.50. The largest absolute Gasteiger partial charge is 0.222 e. The van der Waals surface area contributed by atoms with E-state index in [1.165, 1.54) is 5.56 Å². The highest BCUT2D eigenvalue weighted by Gasteiger charge is 2.24. The van der Waals surface area contributed by atoms with Crippen LogP contribution in [0.2, 0.25) is 0 Å². The number of halogens is 2. The van der Waals surface area contributed by atoms with Gasteiger partial charge in [-0.1, -0.05) is 71.2 Å². The smallest absolute Gasteiger partial charge is 0.199 e. The second kappa shape index (κ2) is 5.99. The van der Waals surface area contributed by atoms with Crippen molar-refractivity contribution in [2.24, 2.45) is 0 Å². The Morgan fingerprint density at radius 2 is 1.81 bits per heavy atom. The first kappa shape index (κ1) is 14.7. The van der Waals surface area contributed by atoms with Crippen LogP contribution in [0.1, 0.15) is 25.0 Å². The molecule has 0 aliphatic heterocycles. The first-order valence-electron chi connectivity index (χ1n) is 5.07. The minimum Gasteiger partial charge on any atom is -0.222 e. The molecule has 0 fully saturated rings. The lowest BCUT2D eigenvalue weighted by atomic mass is 10.1. The van der Waals surface area contributed by atoms with Crippen molar-refractivity contribution in [3.8, 4) is 0 Å². The minimum atomic E-state index is -3.17. The van der Waals surface area contributed by atoms with E-state index in [0.717, 1.165) is 18.4 Å². The van der Waals surface area contributed by atoms with Crippen LogP contribution in [0.4, 0.5) is 0 Å². The summed E-state index contributed by atoms with van der Waals surface area (Å²) in [7, 11) is -3.17. The van der Waals surface area contributed by atoms with Crippen LogP contribution < -0.4 is 0 Å². The van der Waals surface area contributed by atoms with E-state index in [-0.39, 0.29) is 0 Å². The van der Waals surface area contributed by atoms with Crippen molar-refractivity contribution < 1.29 is 8.42 Å². The molecule has 0 spiro atoms. The van der Waals surface area contributed by atoms with Crippen molar-refractivity contribution in [3.63, 3.8) is 0 Å². The number of hydrogen-bond donors (Lipinski definition) is 0. The van der Waals surface area contributed by atoms with E-state index in [4.69, 9.17) is 0 Å². The van der Waals surface area contributed by atoms with E-state index in [1.54, 1.807) is 6.07 Å². The van der Waals surface area contributed by atoms with Gasteiger partial charge in [0, 0.05) is 0 Å². The number of hydrogen-bond acceptors (Lipinski definition) is 2. The maximum Gasteiger partial charge on any atom is 0.199 e. The lowest BCUT2D eigenvalue weighted by Crippen LogP contribution is -2.11. The van der Waals surface area contributed by atoms with Crippen molar-refractivity contribution in [1.29, 1.82) is 0 Å². The van der Waals surface area contributed by atoms with Crippen LogP contribution in [0, 0.1) is 0 Å². The predicted octanol–water partition coefficient (Wildman–Crippen LogP) is 3.74. The van der Waals surface area contributed by atoms with Gasteiger partial charge in [0.05, 0.1) is 4.90 Å². The van der Waals surface area contributed by atoms with Crippen molar-refractivity contribution >= 4 is 55.0 Å². The molecule has 0 aliphatic carbocycles. The molecule has 5 heteroatoms. The van der Waals surface area contributed by atoms with Gasteiger partial charge in [-0.15, -0.1) is 0 Å². The summed E-state index contributed by atoms with van der Waals surface area (Å²) in [5.74, 6) is 0. The standard InChI is InChI=1S/C11H14I2O2S/c1-3-8-5-6-10(9(4-2)7-8)16(14,15)11(12)13/h5-7,11H,3-4H2,1-2H3. The van der Waals surface area contributed by atoms with Crippen LogP contribution in [0.5, 0.6) is 0 Å². The summed E-state index contributed by atoms with van der Waals surface area (Å²) in [4.78, 5) is 0.487. The number of rotatable bonds is 4. The number of aryl methyl sites for hydroxylation is 2. The lowest BCUT2D eigenvalue weighted by molar-refractivity contribution is 0.599. The van der Waals surface area contributed by atoms with Gasteiger partial charge in [0.2, 0.25) is 0 Å². The molecule has 90 valence electrons. The van der Waals surface area contributed by atoms with Gasteiger partial charge in [-0.2, -0.15) is 0 Å². The molecule has 0 saturated carbocycles. The maximum atomic E-state index is 12.1. The molecular weight excluding hydrogens is 450 g/mol. The molecule has 0 aliphatic rings. The summed E-state index contributed by atoms with van der Waals surface area (Å²) in [5, 5.41) is 0. The molecule has 0 atom stereocenters. The van der Waals surface area contributed by atoms with Crippen molar-refractivity contribution in [2.45, 2.75) is 32.8 Å². The molecule has 0 heterocycles. The molecule has 0 aromatic heterocycles. The Labute approximate surface area is 124 Å². The fraction of sp³-hybridized carbons (Fsp3) is 0.455. The molecular formula is C11H14I2O2S. The summed E-state index contributed by atoms with van der Waals surface area (Å²) in [6.45, 7) is 4.06. The fourth-order valence-corrected chi connectivity index (χ4v) is 4.16. The molecule has 1 rings (SSSR count). The SMILES string of the molecule is CCc1ccc(S(=O)(=O)C(I)I)c(CC)c1. The lowest BCUT2D eigenvalue weighted by Gasteiger charge is -2.11. The van der Waals surface area contributed by atoms with E-state index >= 15 is 0 Å². The molecule has 0 radical (unpaired) electrons. The summed E-state index contributed by atoms with van der Waals surface area (Å²) in [6.07, 6.45) is 1.69. The molecule has 0 bridgehead atoms. The van der Waals surface area contributed by atoms with Gasteiger partial charge >= 0.3 is 0 Å². The number of sulfone groups is 1. The zero-order chi connectivity index (χ0) is 12.3. The summed E-state index contributed by atoms with van der Waals surface area (Å²) < 4.78 is 23.8. The Bertz CT molecular complexity index is 467. The molecule has 0 amide bonds. The molecule has 16 heavy (non-hydrogen) atoms. The second-order valence-electron chi connectivity index (χ2n) is 3.45. The van der Waals surface area contributed by atoms with Crippen molar-refractivity contribution in [3.05, 3.63) is 29.3 Å². The molecule has 2 nitrogen and oxygen atoms in total. The fourth-order valence-electron chi connectivity index (χ4n) is 1.50. The minimum absolute atomic E-state index is 0.416. The van der Waals surface area contributed by atoms with E-state index in [1.807, 2.05) is 64.2 Å². The average molecular weight is 464 g/mol. The Balaban J connectivity index is 3.35. The van der Waals surface area contributed by atoms with Gasteiger partial charge < -0.3 is 0 Å². The van der Waals surface area contributed by atoms with Gasteiger partial charge in [-0.25, -0.2) is 8.42 Å². The van der Waals surface area contributed by atoms with Crippen LogP contribution in [-0.2, 0) is 22.7 Å². The molecule has 1 aromatic rings. The number of alkyl halides is 2. The predicted molar refractivity (Wildman–Crippen MR) is 84.2 cm³/mol. The van der Waals surface area contributed by atoms with Crippen LogP contribution in [0.15, 0.2) is 23.1 Å². The normalized spacial score (nSPS) is 12.1. The number of benzene rings is 1. The summed E-state index contributed by atoms with van der Waals surface area (Å²) in [5.41, 5.74) is 2.12. The van der Waals surface area contributed by atoms with Gasteiger partial charge in [-0.3, -0.25) is 0 Å². The third-order valence-electron chi connectivity index (χ3n) is 2.46. The first-order valence-corrected chi connectivity index (χ1v) is 9.11. The first-order chi connectivity index (χ1) is 7.43. The second-order valence-corrected chi connectivity index (χ2v) is 12.0. The Morgan fingerprint density at radius 3 is 2.25 bits per heavy atom. The van der Waals surface area contributed by atoms with E-state index in [9.17, 15) is 8.42 Å². The van der Waals surface area contributed by atoms with Gasteiger partial charge in [-0.05, 0) is 30.0 Å². The van der Waals surface area contributed by atoms with Crippen molar-refractivity contribution in [2.75, 3.05) is 0 Å². The quantitative estimate of drug-likeness (QED) is 0.503. The van der Waals surface area contributed by atoms with Crippen LogP contribution >= 0.6 is 45.2 Å². The highest BCUT2D eigenvalue weighted by molar-refractivity contribution is 14.2. The van der Waals surface area contributed by atoms with Crippen LogP contribution in [0.3, 0.4) is 0 Å². The maximum absolute atomic E-state index is 12.1. The van der Waals surface area contributed by atoms with E-state index < -0.39 is 11.1 Å². The van der Waals surface area contributed by atoms with Gasteiger partial charge in [0.1, 0.15) is 0 Å². The van der Waals surface area contributed by atoms with Crippen LogP contribution in [0.25, 0.3) is 0 Å². The van der Waals surface area contributed by atoms with E-state index in [2.05, 4.69) is 6.92 Å². The van der Waals surface area contributed by atoms with Gasteiger partial charge in [0.25, 0.3) is 0 Å². The zero-order valence-corrected chi connectivity index (χ0v) is 14.3. The summed E-state index contributed by atoms with van der Waals surface area (Å²) in [6, 6.07) is 5.65. The topological polar surface area (TPSA) is 34.1 Å². The van der Waals surface area contributed by atoms with Crippen LogP contribution in [-0.4, -0.2) is 9.68 Å². The average Bonchev–Trinajstić information content (AvgIpc) is 2.27. The molecule has 0 N–H and O–H groups in total. The third kappa shape index (κ3) is 3.10. The van der Waals surface area contributed by atoms with E-state index in [0.29, 0.717) is 4.90 Å². The molecule has 0 saturated heterocycles. The third-order valence-corrected chi connectivity index (χ3v) is 7.95. The van der Waals surface area contributed by atoms with Crippen molar-refractivity contribution in [1.82, 2.24) is 0 Å². The molecule has 1 aromatic carbocycles.